The lowest BCUT2D eigenvalue weighted by Gasteiger charge is -2.38. The average molecular weight is 296 g/mol. The number of hydrogen-bond acceptors (Lipinski definition) is 2. The molecule has 1 N–H and O–H groups in total. The first-order valence-corrected chi connectivity index (χ1v) is 8.11. The van der Waals surface area contributed by atoms with E-state index in [0.29, 0.717) is 16.5 Å². The monoisotopic (exact) mass is 295 g/mol. The fourth-order valence-corrected chi connectivity index (χ4v) is 3.87. The molecule has 1 fully saturated rings. The molecule has 1 aliphatic rings. The molecule has 1 aromatic rings. The maximum absolute atomic E-state index is 6.16. The lowest BCUT2D eigenvalue weighted by Crippen LogP contribution is -2.36. The third-order valence-electron chi connectivity index (χ3n) is 4.83. The molecule has 0 saturated heterocycles. The van der Waals surface area contributed by atoms with E-state index in [4.69, 9.17) is 16.3 Å². The van der Waals surface area contributed by atoms with Gasteiger partial charge in [0.05, 0.1) is 12.1 Å². The van der Waals surface area contributed by atoms with Crippen molar-refractivity contribution in [3.63, 3.8) is 0 Å². The van der Waals surface area contributed by atoms with Gasteiger partial charge in [-0.25, -0.2) is 0 Å². The van der Waals surface area contributed by atoms with Crippen molar-refractivity contribution < 1.29 is 4.74 Å². The predicted molar refractivity (Wildman–Crippen MR) is 85.6 cm³/mol. The van der Waals surface area contributed by atoms with Crippen molar-refractivity contribution in [3.8, 4) is 5.75 Å². The molecule has 1 saturated carbocycles. The smallest absolute Gasteiger partial charge is 0.137 e. The summed E-state index contributed by atoms with van der Waals surface area (Å²) in [6.45, 7) is 5.48. The topological polar surface area (TPSA) is 21.3 Å². The van der Waals surface area contributed by atoms with Gasteiger partial charge in [-0.3, -0.25) is 0 Å². The minimum atomic E-state index is 0.384. The Hall–Kier alpha value is -0.730. The molecule has 0 radical (unpaired) electrons. The zero-order chi connectivity index (χ0) is 14.6. The molecular formula is C17H26ClNO. The van der Waals surface area contributed by atoms with Gasteiger partial charge in [0.15, 0.2) is 0 Å². The minimum absolute atomic E-state index is 0.384. The predicted octanol–water partition coefficient (Wildman–Crippen LogP) is 4.97. The van der Waals surface area contributed by atoms with Crippen LogP contribution in [0, 0.1) is 5.41 Å². The van der Waals surface area contributed by atoms with Crippen molar-refractivity contribution in [1.82, 2.24) is 5.32 Å². The van der Waals surface area contributed by atoms with Gasteiger partial charge in [0, 0.05) is 6.04 Å². The Bertz CT molecular complexity index is 441. The van der Waals surface area contributed by atoms with Crippen LogP contribution in [0.2, 0.25) is 5.02 Å². The van der Waals surface area contributed by atoms with Crippen LogP contribution in [0.3, 0.4) is 0 Å². The molecule has 112 valence electrons. The summed E-state index contributed by atoms with van der Waals surface area (Å²) in [4.78, 5) is 0. The highest BCUT2D eigenvalue weighted by atomic mass is 35.5. The van der Waals surface area contributed by atoms with E-state index in [1.54, 1.807) is 7.11 Å². The second kappa shape index (κ2) is 6.82. The highest BCUT2D eigenvalue weighted by Crippen LogP contribution is 2.50. The minimum Gasteiger partial charge on any atom is -0.495 e. The zero-order valence-corrected chi connectivity index (χ0v) is 13.6. The molecule has 1 atom stereocenters. The standard InChI is InChI=1S/C17H26ClNO/c1-4-17(10-6-7-11-17)16(19-5-2)13-8-9-14(18)15(12-13)20-3/h8-9,12,16,19H,4-7,10-11H2,1-3H3. The number of halogens is 1. The quantitative estimate of drug-likeness (QED) is 0.800. The summed E-state index contributed by atoms with van der Waals surface area (Å²) < 4.78 is 5.38. The van der Waals surface area contributed by atoms with Crippen molar-refractivity contribution in [2.24, 2.45) is 5.41 Å². The first kappa shape index (κ1) is 15.7. The molecule has 0 amide bonds. The van der Waals surface area contributed by atoms with Gasteiger partial charge in [-0.1, -0.05) is 44.4 Å². The number of nitrogens with one attached hydrogen (secondary N) is 1. The molecule has 0 aromatic heterocycles. The van der Waals surface area contributed by atoms with Gasteiger partial charge in [0.25, 0.3) is 0 Å². The molecule has 0 heterocycles. The molecule has 2 rings (SSSR count). The van der Waals surface area contributed by atoms with Crippen molar-refractivity contribution in [3.05, 3.63) is 28.8 Å². The Kier molecular flexibility index (Phi) is 5.34. The van der Waals surface area contributed by atoms with Crippen molar-refractivity contribution in [2.75, 3.05) is 13.7 Å². The molecule has 1 aromatic carbocycles. The van der Waals surface area contributed by atoms with E-state index < -0.39 is 0 Å². The summed E-state index contributed by atoms with van der Waals surface area (Å²) in [7, 11) is 1.68. The van der Waals surface area contributed by atoms with Gasteiger partial charge < -0.3 is 10.1 Å². The maximum Gasteiger partial charge on any atom is 0.137 e. The number of rotatable bonds is 6. The largest absolute Gasteiger partial charge is 0.495 e. The highest BCUT2D eigenvalue weighted by molar-refractivity contribution is 6.32. The van der Waals surface area contributed by atoms with Crippen LogP contribution < -0.4 is 10.1 Å². The fourth-order valence-electron chi connectivity index (χ4n) is 3.67. The first-order valence-electron chi connectivity index (χ1n) is 7.73. The number of methoxy groups -OCH3 is 1. The van der Waals surface area contributed by atoms with Gasteiger partial charge in [-0.15, -0.1) is 0 Å². The molecule has 20 heavy (non-hydrogen) atoms. The molecular weight excluding hydrogens is 270 g/mol. The normalized spacial score (nSPS) is 19.0. The van der Waals surface area contributed by atoms with Crippen molar-refractivity contribution >= 4 is 11.6 Å². The molecule has 0 aliphatic heterocycles. The van der Waals surface area contributed by atoms with Gasteiger partial charge >= 0.3 is 0 Å². The number of ether oxygens (including phenoxy) is 1. The Morgan fingerprint density at radius 1 is 1.30 bits per heavy atom. The summed E-state index contributed by atoms with van der Waals surface area (Å²) in [5.74, 6) is 0.774. The fraction of sp³-hybridized carbons (Fsp3) is 0.647. The summed E-state index contributed by atoms with van der Waals surface area (Å²) >= 11 is 6.16. The third kappa shape index (κ3) is 2.96. The number of benzene rings is 1. The molecule has 1 unspecified atom stereocenters. The van der Waals surface area contributed by atoms with Crippen LogP contribution in [0.5, 0.6) is 5.75 Å². The van der Waals surface area contributed by atoms with E-state index in [1.807, 2.05) is 6.07 Å². The van der Waals surface area contributed by atoms with Crippen LogP contribution in [0.25, 0.3) is 0 Å². The van der Waals surface area contributed by atoms with Crippen LogP contribution in [0.15, 0.2) is 18.2 Å². The summed E-state index contributed by atoms with van der Waals surface area (Å²) in [6.07, 6.45) is 6.54. The Morgan fingerprint density at radius 2 is 2.00 bits per heavy atom. The van der Waals surface area contributed by atoms with Crippen molar-refractivity contribution in [1.29, 1.82) is 0 Å². The highest BCUT2D eigenvalue weighted by Gasteiger charge is 2.40. The first-order chi connectivity index (χ1) is 9.66. The third-order valence-corrected chi connectivity index (χ3v) is 5.14. The second-order valence-corrected chi connectivity index (χ2v) is 6.21. The molecule has 2 nitrogen and oxygen atoms in total. The summed E-state index contributed by atoms with van der Waals surface area (Å²) in [5.41, 5.74) is 1.69. The molecule has 0 bridgehead atoms. The van der Waals surface area contributed by atoms with E-state index >= 15 is 0 Å². The van der Waals surface area contributed by atoms with Gasteiger partial charge in [0.2, 0.25) is 0 Å². The van der Waals surface area contributed by atoms with E-state index in [1.165, 1.54) is 37.7 Å². The second-order valence-electron chi connectivity index (χ2n) is 5.81. The van der Waals surface area contributed by atoms with E-state index in [0.717, 1.165) is 12.3 Å². The van der Waals surface area contributed by atoms with E-state index in [-0.39, 0.29) is 0 Å². The van der Waals surface area contributed by atoms with Gasteiger partial charge in [-0.2, -0.15) is 0 Å². The van der Waals surface area contributed by atoms with Crippen LogP contribution in [-0.2, 0) is 0 Å². The van der Waals surface area contributed by atoms with Gasteiger partial charge in [0.1, 0.15) is 5.75 Å². The lowest BCUT2D eigenvalue weighted by molar-refractivity contribution is 0.189. The van der Waals surface area contributed by atoms with E-state index in [2.05, 4.69) is 31.3 Å². The molecule has 3 heteroatoms. The summed E-state index contributed by atoms with van der Waals surface area (Å²) in [5, 5.41) is 4.39. The Morgan fingerprint density at radius 3 is 2.55 bits per heavy atom. The van der Waals surface area contributed by atoms with Crippen LogP contribution in [0.1, 0.15) is 57.6 Å². The van der Waals surface area contributed by atoms with Crippen LogP contribution in [-0.4, -0.2) is 13.7 Å². The van der Waals surface area contributed by atoms with Crippen LogP contribution >= 0.6 is 11.6 Å². The molecule has 1 aliphatic carbocycles. The molecule has 0 spiro atoms. The summed E-state index contributed by atoms with van der Waals surface area (Å²) in [6, 6.07) is 6.60. The van der Waals surface area contributed by atoms with Crippen LogP contribution in [0.4, 0.5) is 0 Å². The average Bonchev–Trinajstić information content (AvgIpc) is 2.95. The zero-order valence-electron chi connectivity index (χ0n) is 12.8. The Balaban J connectivity index is 2.37. The SMILES string of the molecule is CCNC(c1ccc(Cl)c(OC)c1)C1(CC)CCCC1. The number of hydrogen-bond donors (Lipinski definition) is 1. The maximum atomic E-state index is 6.16. The lowest BCUT2D eigenvalue weighted by atomic mass is 9.73. The van der Waals surface area contributed by atoms with Crippen molar-refractivity contribution in [2.45, 2.75) is 52.0 Å². The van der Waals surface area contributed by atoms with Gasteiger partial charge in [-0.05, 0) is 48.9 Å². The Labute approximate surface area is 127 Å². The van der Waals surface area contributed by atoms with E-state index in [9.17, 15) is 0 Å².